The van der Waals surface area contributed by atoms with Crippen LogP contribution in [0.4, 0.5) is 5.69 Å². The molecule has 3 heterocycles. The molecule has 1 fully saturated rings. The lowest BCUT2D eigenvalue weighted by molar-refractivity contribution is -0.132. The van der Waals surface area contributed by atoms with Gasteiger partial charge in [-0.3, -0.25) is 9.59 Å². The molecule has 1 aliphatic heterocycles. The first-order chi connectivity index (χ1) is 14.2. The van der Waals surface area contributed by atoms with Crippen LogP contribution in [0, 0.1) is 0 Å². The van der Waals surface area contributed by atoms with Gasteiger partial charge in [-0.25, -0.2) is 4.68 Å². The fourth-order valence-corrected chi connectivity index (χ4v) is 3.97. The smallest absolute Gasteiger partial charge is 0.291 e. The largest absolute Gasteiger partial charge is 0.368 e. The number of fused-ring (bicyclic) bond motifs is 3. The van der Waals surface area contributed by atoms with E-state index in [0.717, 1.165) is 29.4 Å². The third-order valence-electron chi connectivity index (χ3n) is 5.56. The molecule has 0 aliphatic carbocycles. The van der Waals surface area contributed by atoms with E-state index in [9.17, 15) is 9.59 Å². The van der Waals surface area contributed by atoms with Gasteiger partial charge in [0.15, 0.2) is 0 Å². The molecule has 4 aromatic rings. The third kappa shape index (κ3) is 3.14. The molecule has 1 aliphatic rings. The highest BCUT2D eigenvalue weighted by atomic mass is 16.2. The molecular formula is C22H21N5O2. The second-order valence-corrected chi connectivity index (χ2v) is 7.27. The summed E-state index contributed by atoms with van der Waals surface area (Å²) in [6.07, 6.45) is 1.66. The lowest BCUT2D eigenvalue weighted by Crippen LogP contribution is -2.50. The maximum atomic E-state index is 12.8. The molecule has 2 aromatic heterocycles. The number of aromatic amines is 1. The van der Waals surface area contributed by atoms with E-state index in [4.69, 9.17) is 0 Å². The summed E-state index contributed by atoms with van der Waals surface area (Å²) >= 11 is 0. The molecule has 7 heteroatoms. The molecule has 0 atom stereocenters. The van der Waals surface area contributed by atoms with E-state index in [2.05, 4.69) is 27.1 Å². The minimum Gasteiger partial charge on any atom is -0.368 e. The van der Waals surface area contributed by atoms with Crippen LogP contribution in [-0.4, -0.2) is 51.8 Å². The molecular weight excluding hydrogens is 366 g/mol. The van der Waals surface area contributed by atoms with E-state index in [1.165, 1.54) is 10.4 Å². The van der Waals surface area contributed by atoms with E-state index in [1.807, 2.05) is 47.4 Å². The van der Waals surface area contributed by atoms with Crippen molar-refractivity contribution in [3.63, 3.8) is 0 Å². The van der Waals surface area contributed by atoms with Crippen LogP contribution in [-0.2, 0) is 11.3 Å². The summed E-state index contributed by atoms with van der Waals surface area (Å²) in [5.74, 6) is -0.0808. The van der Waals surface area contributed by atoms with Crippen molar-refractivity contribution >= 4 is 33.4 Å². The Balaban J connectivity index is 1.32. The van der Waals surface area contributed by atoms with Gasteiger partial charge in [0.25, 0.3) is 5.56 Å². The Morgan fingerprint density at radius 1 is 0.931 bits per heavy atom. The summed E-state index contributed by atoms with van der Waals surface area (Å²) in [5, 5.41) is 6.00. The van der Waals surface area contributed by atoms with Gasteiger partial charge in [0.2, 0.25) is 5.91 Å². The number of nitrogens with one attached hydrogen (secondary N) is 1. The van der Waals surface area contributed by atoms with Crippen molar-refractivity contribution in [2.75, 3.05) is 31.1 Å². The first-order valence-corrected chi connectivity index (χ1v) is 9.75. The summed E-state index contributed by atoms with van der Waals surface area (Å²) in [6, 6.07) is 17.9. The fraction of sp³-hybridized carbons (Fsp3) is 0.227. The van der Waals surface area contributed by atoms with Crippen LogP contribution in [0.15, 0.2) is 65.6 Å². The Labute approximate surface area is 167 Å². The van der Waals surface area contributed by atoms with Gasteiger partial charge in [-0.2, -0.15) is 5.10 Å². The SMILES string of the molecule is O=C(Cn1ncc2c([nH]c3ccccc32)c1=O)N1CCN(c2ccccc2)CC1. The van der Waals surface area contributed by atoms with E-state index in [-0.39, 0.29) is 18.0 Å². The molecule has 5 rings (SSSR count). The van der Waals surface area contributed by atoms with E-state index in [0.29, 0.717) is 18.6 Å². The highest BCUT2D eigenvalue weighted by molar-refractivity contribution is 6.06. The summed E-state index contributed by atoms with van der Waals surface area (Å²) in [5.41, 5.74) is 2.28. The van der Waals surface area contributed by atoms with Gasteiger partial charge in [0.1, 0.15) is 12.1 Å². The quantitative estimate of drug-likeness (QED) is 0.585. The number of nitrogens with zero attached hydrogens (tertiary/aromatic N) is 4. The molecule has 1 saturated heterocycles. The Bertz CT molecular complexity index is 1240. The van der Waals surface area contributed by atoms with E-state index in [1.54, 1.807) is 6.20 Å². The number of carbonyl (C=O) groups is 1. The molecule has 0 unspecified atom stereocenters. The van der Waals surface area contributed by atoms with Crippen LogP contribution in [0.1, 0.15) is 0 Å². The maximum Gasteiger partial charge on any atom is 0.291 e. The molecule has 2 aromatic carbocycles. The minimum absolute atomic E-state index is 0.0462. The van der Waals surface area contributed by atoms with Crippen LogP contribution in [0.25, 0.3) is 21.8 Å². The number of carbonyl (C=O) groups excluding carboxylic acids is 1. The summed E-state index contributed by atoms with van der Waals surface area (Å²) in [4.78, 5) is 32.8. The minimum atomic E-state index is -0.269. The first-order valence-electron chi connectivity index (χ1n) is 9.75. The highest BCUT2D eigenvalue weighted by Crippen LogP contribution is 2.21. The number of benzene rings is 2. The Kier molecular flexibility index (Phi) is 4.27. The first kappa shape index (κ1) is 17.5. The zero-order valence-corrected chi connectivity index (χ0v) is 15.9. The summed E-state index contributed by atoms with van der Waals surface area (Å²) in [7, 11) is 0. The zero-order valence-electron chi connectivity index (χ0n) is 15.9. The number of rotatable bonds is 3. The van der Waals surface area contributed by atoms with Crippen LogP contribution in [0.5, 0.6) is 0 Å². The van der Waals surface area contributed by atoms with Gasteiger partial charge < -0.3 is 14.8 Å². The lowest BCUT2D eigenvalue weighted by Gasteiger charge is -2.36. The number of anilines is 1. The predicted molar refractivity (Wildman–Crippen MR) is 113 cm³/mol. The monoisotopic (exact) mass is 387 g/mol. The molecule has 0 spiro atoms. The van der Waals surface area contributed by atoms with Gasteiger partial charge in [-0.15, -0.1) is 0 Å². The fourth-order valence-electron chi connectivity index (χ4n) is 3.97. The maximum absolute atomic E-state index is 12.8. The number of amides is 1. The van der Waals surface area contributed by atoms with Crippen molar-refractivity contribution in [1.29, 1.82) is 0 Å². The van der Waals surface area contributed by atoms with E-state index < -0.39 is 0 Å². The van der Waals surface area contributed by atoms with Crippen LogP contribution >= 0.6 is 0 Å². The number of piperazine rings is 1. The van der Waals surface area contributed by atoms with Crippen LogP contribution < -0.4 is 10.5 Å². The predicted octanol–water partition coefficient (Wildman–Crippen LogP) is 2.23. The Morgan fingerprint density at radius 2 is 1.66 bits per heavy atom. The highest BCUT2D eigenvalue weighted by Gasteiger charge is 2.22. The molecule has 0 saturated carbocycles. The normalized spacial score (nSPS) is 14.6. The second-order valence-electron chi connectivity index (χ2n) is 7.27. The molecule has 1 N–H and O–H groups in total. The number of para-hydroxylation sites is 2. The number of hydrogen-bond acceptors (Lipinski definition) is 4. The molecule has 7 nitrogen and oxygen atoms in total. The molecule has 0 radical (unpaired) electrons. The number of aromatic nitrogens is 3. The topological polar surface area (TPSA) is 74.2 Å². The Hall–Kier alpha value is -3.61. The standard InChI is InChI=1S/C22H21N5O2/c28-20(26-12-10-25(11-13-26)16-6-2-1-3-7-16)15-27-22(29)21-18(14-23-27)17-8-4-5-9-19(17)24-21/h1-9,14,24H,10-13,15H2. The Morgan fingerprint density at radius 3 is 2.45 bits per heavy atom. The zero-order chi connectivity index (χ0) is 19.8. The van der Waals surface area contributed by atoms with Crippen molar-refractivity contribution in [3.05, 3.63) is 71.1 Å². The van der Waals surface area contributed by atoms with Gasteiger partial charge in [-0.1, -0.05) is 36.4 Å². The van der Waals surface area contributed by atoms with Crippen LogP contribution in [0.3, 0.4) is 0 Å². The van der Waals surface area contributed by atoms with Crippen molar-refractivity contribution < 1.29 is 4.79 Å². The van der Waals surface area contributed by atoms with Crippen molar-refractivity contribution in [1.82, 2.24) is 19.7 Å². The number of H-pyrrole nitrogens is 1. The number of hydrogen-bond donors (Lipinski definition) is 1. The van der Waals surface area contributed by atoms with Crippen LogP contribution in [0.2, 0.25) is 0 Å². The second kappa shape index (κ2) is 7.09. The third-order valence-corrected chi connectivity index (χ3v) is 5.56. The van der Waals surface area contributed by atoms with Crippen molar-refractivity contribution in [2.24, 2.45) is 0 Å². The van der Waals surface area contributed by atoms with Gasteiger partial charge in [-0.05, 0) is 18.2 Å². The molecule has 146 valence electrons. The van der Waals surface area contributed by atoms with Gasteiger partial charge in [0.05, 0.1) is 6.20 Å². The lowest BCUT2D eigenvalue weighted by atomic mass is 10.2. The molecule has 0 bridgehead atoms. The average Bonchev–Trinajstić information content (AvgIpc) is 3.16. The van der Waals surface area contributed by atoms with Crippen molar-refractivity contribution in [3.8, 4) is 0 Å². The summed E-state index contributed by atoms with van der Waals surface area (Å²) < 4.78 is 1.25. The van der Waals surface area contributed by atoms with Gasteiger partial charge in [0, 0.05) is 48.2 Å². The summed E-state index contributed by atoms with van der Waals surface area (Å²) in [6.45, 7) is 2.78. The molecule has 1 amide bonds. The average molecular weight is 387 g/mol. The van der Waals surface area contributed by atoms with Gasteiger partial charge >= 0.3 is 0 Å². The van der Waals surface area contributed by atoms with E-state index >= 15 is 0 Å². The van der Waals surface area contributed by atoms with Crippen molar-refractivity contribution in [2.45, 2.75) is 6.54 Å². The molecule has 29 heavy (non-hydrogen) atoms.